The van der Waals surface area contributed by atoms with E-state index in [0.29, 0.717) is 26.2 Å². The lowest BCUT2D eigenvalue weighted by atomic mass is 10.2. The number of amides is 2. The highest BCUT2D eigenvalue weighted by Gasteiger charge is 2.22. The van der Waals surface area contributed by atoms with E-state index in [1.165, 1.54) is 0 Å². The molecule has 0 aromatic heterocycles. The van der Waals surface area contributed by atoms with E-state index in [9.17, 15) is 4.79 Å². The number of carbonyl (C=O) groups excluding carboxylic acids is 1. The van der Waals surface area contributed by atoms with Gasteiger partial charge in [-0.25, -0.2) is 4.79 Å². The molecule has 1 N–H and O–H groups in total. The molecule has 0 aliphatic carbocycles. The molecule has 23 heavy (non-hydrogen) atoms. The molecule has 0 saturated carbocycles. The number of benzene rings is 1. The summed E-state index contributed by atoms with van der Waals surface area (Å²) in [6.07, 6.45) is 2.18. The molecule has 1 fully saturated rings. The summed E-state index contributed by atoms with van der Waals surface area (Å²) in [5.74, 6) is 0.791. The van der Waals surface area contributed by atoms with Crippen molar-refractivity contribution in [2.45, 2.75) is 25.5 Å². The molecule has 6 nitrogen and oxygen atoms in total. The van der Waals surface area contributed by atoms with Gasteiger partial charge in [-0.05, 0) is 30.5 Å². The molecule has 1 aromatic rings. The molecule has 1 atom stereocenters. The van der Waals surface area contributed by atoms with Crippen LogP contribution in [0.15, 0.2) is 24.3 Å². The summed E-state index contributed by atoms with van der Waals surface area (Å²) in [7, 11) is 3.26. The number of hydrogen-bond acceptors (Lipinski definition) is 4. The van der Waals surface area contributed by atoms with E-state index >= 15 is 0 Å². The van der Waals surface area contributed by atoms with Gasteiger partial charge in [-0.3, -0.25) is 0 Å². The maximum Gasteiger partial charge on any atom is 0.317 e. The third kappa shape index (κ3) is 5.73. The average molecular weight is 322 g/mol. The van der Waals surface area contributed by atoms with Gasteiger partial charge in [0, 0.05) is 33.4 Å². The topological polar surface area (TPSA) is 60.0 Å². The molecule has 1 heterocycles. The molecule has 0 radical (unpaired) electrons. The maximum absolute atomic E-state index is 12.4. The van der Waals surface area contributed by atoms with E-state index in [1.54, 1.807) is 19.1 Å². The van der Waals surface area contributed by atoms with Gasteiger partial charge in [-0.15, -0.1) is 0 Å². The molecule has 1 unspecified atom stereocenters. The van der Waals surface area contributed by atoms with E-state index in [0.717, 1.165) is 30.8 Å². The van der Waals surface area contributed by atoms with Gasteiger partial charge in [-0.2, -0.15) is 0 Å². The molecule has 0 bridgehead atoms. The largest absolute Gasteiger partial charge is 0.497 e. The Kier molecular flexibility index (Phi) is 7.16. The molecule has 1 aliphatic rings. The van der Waals surface area contributed by atoms with Crippen molar-refractivity contribution in [2.24, 2.45) is 0 Å². The molecule has 0 spiro atoms. The van der Waals surface area contributed by atoms with Crippen molar-refractivity contribution in [3.05, 3.63) is 29.8 Å². The molecule has 128 valence electrons. The zero-order chi connectivity index (χ0) is 16.5. The summed E-state index contributed by atoms with van der Waals surface area (Å²) in [4.78, 5) is 14.2. The summed E-state index contributed by atoms with van der Waals surface area (Å²) >= 11 is 0. The zero-order valence-electron chi connectivity index (χ0n) is 13.9. The Bertz CT molecular complexity index is 489. The van der Waals surface area contributed by atoms with Gasteiger partial charge in [0.25, 0.3) is 0 Å². The Morgan fingerprint density at radius 3 is 3.00 bits per heavy atom. The van der Waals surface area contributed by atoms with Crippen LogP contribution in [-0.4, -0.2) is 57.6 Å². The van der Waals surface area contributed by atoms with Crippen molar-refractivity contribution in [1.82, 2.24) is 10.2 Å². The van der Waals surface area contributed by atoms with Gasteiger partial charge in [0.15, 0.2) is 0 Å². The van der Waals surface area contributed by atoms with Crippen molar-refractivity contribution in [3.8, 4) is 5.75 Å². The minimum absolute atomic E-state index is 0.0969. The fraction of sp³-hybridized carbons (Fsp3) is 0.588. The van der Waals surface area contributed by atoms with Crippen LogP contribution in [-0.2, 0) is 16.0 Å². The standard InChI is InChI=1S/C17H26N2O4/c1-21-10-8-18-17(20)19(13-16-7-4-9-23-16)12-14-5-3-6-15(11-14)22-2/h3,5-6,11,16H,4,7-10,12-13H2,1-2H3,(H,18,20). The predicted molar refractivity (Wildman–Crippen MR) is 87.7 cm³/mol. The number of urea groups is 1. The summed E-state index contributed by atoms with van der Waals surface area (Å²) < 4.78 is 15.9. The Morgan fingerprint density at radius 1 is 1.43 bits per heavy atom. The SMILES string of the molecule is COCCNC(=O)N(Cc1cccc(OC)c1)CC1CCCO1. The summed E-state index contributed by atoms with van der Waals surface area (Å²) in [6, 6.07) is 7.67. The highest BCUT2D eigenvalue weighted by atomic mass is 16.5. The van der Waals surface area contributed by atoms with E-state index in [1.807, 2.05) is 24.3 Å². The molecule has 1 aromatic carbocycles. The maximum atomic E-state index is 12.4. The molecular formula is C17H26N2O4. The third-order valence-corrected chi connectivity index (χ3v) is 3.83. The third-order valence-electron chi connectivity index (χ3n) is 3.83. The van der Waals surface area contributed by atoms with Gasteiger partial charge in [0.2, 0.25) is 0 Å². The van der Waals surface area contributed by atoms with E-state index < -0.39 is 0 Å². The van der Waals surface area contributed by atoms with Gasteiger partial charge in [0.05, 0.1) is 19.8 Å². The van der Waals surface area contributed by atoms with Crippen LogP contribution in [0.2, 0.25) is 0 Å². The fourth-order valence-corrected chi connectivity index (χ4v) is 2.62. The first-order valence-electron chi connectivity index (χ1n) is 7.99. The number of hydrogen-bond donors (Lipinski definition) is 1. The Balaban J connectivity index is 2.00. The minimum atomic E-state index is -0.0969. The number of methoxy groups -OCH3 is 2. The highest BCUT2D eigenvalue weighted by molar-refractivity contribution is 5.74. The molecule has 6 heteroatoms. The van der Waals surface area contributed by atoms with Crippen molar-refractivity contribution in [1.29, 1.82) is 0 Å². The first kappa shape index (κ1) is 17.6. The number of nitrogens with zero attached hydrogens (tertiary/aromatic N) is 1. The van der Waals surface area contributed by atoms with Crippen LogP contribution in [0.4, 0.5) is 4.79 Å². The lowest BCUT2D eigenvalue weighted by Gasteiger charge is -2.26. The summed E-state index contributed by atoms with van der Waals surface area (Å²) in [6.45, 7) is 2.89. The van der Waals surface area contributed by atoms with Crippen LogP contribution in [0.1, 0.15) is 18.4 Å². The minimum Gasteiger partial charge on any atom is -0.497 e. The van der Waals surface area contributed by atoms with Crippen LogP contribution in [0.3, 0.4) is 0 Å². The van der Waals surface area contributed by atoms with E-state index in [2.05, 4.69) is 5.32 Å². The van der Waals surface area contributed by atoms with Gasteiger partial charge in [-0.1, -0.05) is 12.1 Å². The van der Waals surface area contributed by atoms with Crippen molar-refractivity contribution in [2.75, 3.05) is 40.5 Å². The Hall–Kier alpha value is -1.79. The van der Waals surface area contributed by atoms with Gasteiger partial charge in [0.1, 0.15) is 5.75 Å². The van der Waals surface area contributed by atoms with Gasteiger partial charge >= 0.3 is 6.03 Å². The van der Waals surface area contributed by atoms with Crippen molar-refractivity contribution in [3.63, 3.8) is 0 Å². The number of rotatable bonds is 8. The van der Waals surface area contributed by atoms with Crippen molar-refractivity contribution < 1.29 is 19.0 Å². The molecule has 1 aliphatic heterocycles. The molecule has 2 amide bonds. The second-order valence-electron chi connectivity index (χ2n) is 5.59. The second-order valence-corrected chi connectivity index (χ2v) is 5.59. The fourth-order valence-electron chi connectivity index (χ4n) is 2.62. The first-order valence-corrected chi connectivity index (χ1v) is 7.99. The average Bonchev–Trinajstić information content (AvgIpc) is 3.07. The van der Waals surface area contributed by atoms with Crippen LogP contribution in [0.25, 0.3) is 0 Å². The predicted octanol–water partition coefficient (Wildman–Crippen LogP) is 2.03. The number of carbonyl (C=O) groups is 1. The van der Waals surface area contributed by atoms with Gasteiger partial charge < -0.3 is 24.4 Å². The van der Waals surface area contributed by atoms with Crippen LogP contribution in [0.5, 0.6) is 5.75 Å². The lowest BCUT2D eigenvalue weighted by molar-refractivity contribution is 0.0790. The van der Waals surface area contributed by atoms with Crippen molar-refractivity contribution >= 4 is 6.03 Å². The highest BCUT2D eigenvalue weighted by Crippen LogP contribution is 2.17. The molecular weight excluding hydrogens is 296 g/mol. The molecule has 2 rings (SSSR count). The van der Waals surface area contributed by atoms with Crippen LogP contribution in [0, 0.1) is 0 Å². The lowest BCUT2D eigenvalue weighted by Crippen LogP contribution is -2.44. The Labute approximate surface area is 137 Å². The Morgan fingerprint density at radius 2 is 2.30 bits per heavy atom. The number of ether oxygens (including phenoxy) is 3. The summed E-state index contributed by atoms with van der Waals surface area (Å²) in [5, 5.41) is 2.88. The normalized spacial score (nSPS) is 17.0. The van der Waals surface area contributed by atoms with Crippen LogP contribution >= 0.6 is 0 Å². The van der Waals surface area contributed by atoms with Crippen LogP contribution < -0.4 is 10.1 Å². The number of nitrogens with one attached hydrogen (secondary N) is 1. The molecule has 1 saturated heterocycles. The smallest absolute Gasteiger partial charge is 0.317 e. The van der Waals surface area contributed by atoms with E-state index in [-0.39, 0.29) is 12.1 Å². The summed E-state index contributed by atoms with van der Waals surface area (Å²) in [5.41, 5.74) is 1.03. The monoisotopic (exact) mass is 322 g/mol. The first-order chi connectivity index (χ1) is 11.2. The quantitative estimate of drug-likeness (QED) is 0.744. The van der Waals surface area contributed by atoms with E-state index in [4.69, 9.17) is 14.2 Å². The second kappa shape index (κ2) is 9.37. The zero-order valence-corrected chi connectivity index (χ0v) is 13.9.